The van der Waals surface area contributed by atoms with Crippen LogP contribution in [0.2, 0.25) is 0 Å². The molecule has 1 aliphatic carbocycles. The van der Waals surface area contributed by atoms with Crippen LogP contribution in [0.3, 0.4) is 0 Å². The third kappa shape index (κ3) is 13.8. The van der Waals surface area contributed by atoms with Crippen LogP contribution in [0.1, 0.15) is 170 Å². The zero-order valence-electron chi connectivity index (χ0n) is 29.2. The first-order chi connectivity index (χ1) is 21.1. The zero-order chi connectivity index (χ0) is 31.1. The molecule has 1 aliphatic heterocycles. The van der Waals surface area contributed by atoms with Crippen LogP contribution >= 0.6 is 16.1 Å². The second-order valence-corrected chi connectivity index (χ2v) is 15.7. The van der Waals surface area contributed by atoms with Crippen molar-refractivity contribution in [2.75, 3.05) is 0 Å². The van der Waals surface area contributed by atoms with Crippen molar-refractivity contribution in [3.8, 4) is 0 Å². The molecule has 0 radical (unpaired) electrons. The van der Waals surface area contributed by atoms with Crippen LogP contribution in [0.5, 0.6) is 0 Å². The van der Waals surface area contributed by atoms with E-state index < -0.39 is 7.92 Å². The van der Waals surface area contributed by atoms with Gasteiger partial charge in [0.15, 0.2) is 0 Å². The van der Waals surface area contributed by atoms with Gasteiger partial charge in [-0.25, -0.2) is 0 Å². The van der Waals surface area contributed by atoms with Crippen molar-refractivity contribution in [2.24, 2.45) is 5.92 Å². The number of rotatable bonds is 25. The van der Waals surface area contributed by atoms with E-state index >= 15 is 0 Å². The molecular formula is C41H66P2. The van der Waals surface area contributed by atoms with Crippen molar-refractivity contribution in [2.45, 2.75) is 170 Å². The van der Waals surface area contributed by atoms with Gasteiger partial charge in [0.05, 0.1) is 0 Å². The van der Waals surface area contributed by atoms with Gasteiger partial charge in [0, 0.05) is 16.5 Å². The average molecular weight is 621 g/mol. The zero-order valence-corrected chi connectivity index (χ0v) is 30.9. The molecule has 0 fully saturated rings. The predicted molar refractivity (Wildman–Crippen MR) is 202 cm³/mol. The number of hydrogen-bond acceptors (Lipinski definition) is 0. The van der Waals surface area contributed by atoms with E-state index in [1.807, 2.05) is 0 Å². The first kappa shape index (κ1) is 38.0. The summed E-state index contributed by atoms with van der Waals surface area (Å²) in [5.41, 5.74) is 8.77. The van der Waals surface area contributed by atoms with Crippen LogP contribution in [0, 0.1) is 5.92 Å². The fourth-order valence-electron chi connectivity index (χ4n) is 6.20. The second kappa shape index (κ2) is 24.1. The smallest absolute Gasteiger partial charge is 0.0157 e. The van der Waals surface area contributed by atoms with Gasteiger partial charge in [0.2, 0.25) is 0 Å². The minimum Gasteiger partial charge on any atom is -0.120 e. The van der Waals surface area contributed by atoms with Gasteiger partial charge in [-0.2, -0.15) is 0 Å². The summed E-state index contributed by atoms with van der Waals surface area (Å²) in [6.07, 6.45) is 38.4. The number of unbranched alkanes of at least 4 members (excludes halogenated alkanes) is 15. The quantitative estimate of drug-likeness (QED) is 0.0541. The molecular weight excluding hydrogens is 554 g/mol. The first-order valence-electron chi connectivity index (χ1n) is 18.4. The summed E-state index contributed by atoms with van der Waals surface area (Å²) in [6.45, 7) is 14.1. The highest BCUT2D eigenvalue weighted by Crippen LogP contribution is 2.56. The molecule has 2 aliphatic rings. The molecule has 0 saturated carbocycles. The Morgan fingerprint density at radius 1 is 0.698 bits per heavy atom. The van der Waals surface area contributed by atoms with E-state index in [-0.39, 0.29) is 0 Å². The summed E-state index contributed by atoms with van der Waals surface area (Å²) in [5, 5.41) is 4.73. The average Bonchev–Trinajstić information content (AvgIpc) is 3.59. The Bertz CT molecular complexity index is 1010. The lowest BCUT2D eigenvalue weighted by atomic mass is 9.89. The van der Waals surface area contributed by atoms with Gasteiger partial charge in [0.25, 0.3) is 0 Å². The molecule has 0 nitrogen and oxygen atoms in total. The summed E-state index contributed by atoms with van der Waals surface area (Å²) in [4.78, 5) is 0. The molecule has 1 heterocycles. The molecule has 0 N–H and O–H groups in total. The standard InChI is InChI=1S/C41H66P2/c1-7-12-15-18-21-24-27-30-39(35(6)40-37(11-5)42-38-32-31-36(10-4)41(38)40)43(33-28-25-22-19-16-13-8-2)34-29-26-23-20-17-14-9-3/h27-29,31-35H,7-26H2,1-6H3/b33-28+,34-29+. The largest absolute Gasteiger partial charge is 0.120 e. The molecule has 0 aromatic carbocycles. The van der Waals surface area contributed by atoms with Crippen LogP contribution < -0.4 is 0 Å². The highest BCUT2D eigenvalue weighted by molar-refractivity contribution is 7.68. The number of hydrogen-bond donors (Lipinski definition) is 0. The molecule has 240 valence electrons. The molecule has 43 heavy (non-hydrogen) atoms. The topological polar surface area (TPSA) is 0 Å². The van der Waals surface area contributed by atoms with Crippen LogP contribution in [0.4, 0.5) is 0 Å². The summed E-state index contributed by atoms with van der Waals surface area (Å²) in [7, 11) is 0.946. The molecule has 1 unspecified atom stereocenters. The Morgan fingerprint density at radius 2 is 1.23 bits per heavy atom. The second-order valence-electron chi connectivity index (χ2n) is 12.5. The number of fused-ring (bicyclic) bond motifs is 1. The van der Waals surface area contributed by atoms with Crippen LogP contribution in [0.15, 0.2) is 75.1 Å². The Labute approximate surface area is 271 Å². The lowest BCUT2D eigenvalue weighted by molar-refractivity contribution is 0.637. The SMILES string of the molecule is CCCCCCCC=C=C(C(C)C1=C(CC)P=C2C=CC(CC)=C21)P(/C=C/CCCCCCC)/C=C/CCCCCCC. The monoisotopic (exact) mass is 620 g/mol. The fourth-order valence-corrected chi connectivity index (χ4v) is 9.59. The Hall–Kier alpha value is -1.18. The number of allylic oxidation sites excluding steroid dienone is 9. The molecule has 0 amide bonds. The maximum atomic E-state index is 4.01. The lowest BCUT2D eigenvalue weighted by Gasteiger charge is -2.24. The van der Waals surface area contributed by atoms with E-state index in [4.69, 9.17) is 0 Å². The molecule has 0 bridgehead atoms. The van der Waals surface area contributed by atoms with Gasteiger partial charge < -0.3 is 0 Å². The van der Waals surface area contributed by atoms with Crippen molar-refractivity contribution >= 4 is 21.4 Å². The maximum Gasteiger partial charge on any atom is 0.0157 e. The van der Waals surface area contributed by atoms with Gasteiger partial charge in [-0.05, 0) is 93.5 Å². The Morgan fingerprint density at radius 3 is 1.74 bits per heavy atom. The summed E-state index contributed by atoms with van der Waals surface area (Å²) < 4.78 is 0. The van der Waals surface area contributed by atoms with E-state index in [2.05, 4.69) is 89.3 Å². The lowest BCUT2D eigenvalue weighted by Crippen LogP contribution is -2.07. The third-order valence-corrected chi connectivity index (χ3v) is 12.5. The van der Waals surface area contributed by atoms with Crippen molar-refractivity contribution in [1.82, 2.24) is 0 Å². The van der Waals surface area contributed by atoms with Gasteiger partial charge in [-0.3, -0.25) is 0 Å². The Kier molecular flexibility index (Phi) is 21.3. The molecule has 2 rings (SSSR count). The van der Waals surface area contributed by atoms with Crippen molar-refractivity contribution in [3.05, 3.63) is 75.1 Å². The third-order valence-electron chi connectivity index (χ3n) is 8.88. The van der Waals surface area contributed by atoms with Crippen LogP contribution in [-0.4, -0.2) is 5.29 Å². The van der Waals surface area contributed by atoms with Crippen LogP contribution in [0.25, 0.3) is 0 Å². The van der Waals surface area contributed by atoms with Crippen molar-refractivity contribution in [1.29, 1.82) is 0 Å². The van der Waals surface area contributed by atoms with E-state index in [1.54, 1.807) is 32.6 Å². The van der Waals surface area contributed by atoms with Crippen molar-refractivity contribution < 1.29 is 0 Å². The highest BCUT2D eigenvalue weighted by Gasteiger charge is 2.31. The molecule has 1 atom stereocenters. The minimum atomic E-state index is -0.502. The van der Waals surface area contributed by atoms with Gasteiger partial charge >= 0.3 is 0 Å². The van der Waals surface area contributed by atoms with E-state index in [1.165, 1.54) is 117 Å². The summed E-state index contributed by atoms with van der Waals surface area (Å²) in [6, 6.07) is 0. The molecule has 0 aromatic rings. The molecule has 0 spiro atoms. The summed E-state index contributed by atoms with van der Waals surface area (Å²) in [5.74, 6) is 5.60. The van der Waals surface area contributed by atoms with Gasteiger partial charge in [0.1, 0.15) is 0 Å². The predicted octanol–water partition coefficient (Wildman–Crippen LogP) is 15.3. The Balaban J connectivity index is 2.37. The van der Waals surface area contributed by atoms with Crippen molar-refractivity contribution in [3.63, 3.8) is 0 Å². The fraction of sp³-hybridized carbons (Fsp3) is 0.659. The maximum absolute atomic E-state index is 4.01. The summed E-state index contributed by atoms with van der Waals surface area (Å²) >= 11 is 0. The highest BCUT2D eigenvalue weighted by atomic mass is 31.1. The molecule has 0 saturated heterocycles. The van der Waals surface area contributed by atoms with E-state index in [0.29, 0.717) is 5.92 Å². The van der Waals surface area contributed by atoms with E-state index in [9.17, 15) is 0 Å². The molecule has 2 heteroatoms. The van der Waals surface area contributed by atoms with E-state index in [0.717, 1.165) is 19.3 Å². The normalized spacial score (nSPS) is 15.7. The van der Waals surface area contributed by atoms with Gasteiger partial charge in [-0.15, -0.1) is 5.73 Å². The van der Waals surface area contributed by atoms with Crippen LogP contribution in [-0.2, 0) is 0 Å². The first-order valence-corrected chi connectivity index (χ1v) is 20.8. The van der Waals surface area contributed by atoms with Gasteiger partial charge in [-0.1, -0.05) is 157 Å². The molecule has 0 aromatic heterocycles. The minimum absolute atomic E-state index is 0.405.